The van der Waals surface area contributed by atoms with Crippen LogP contribution in [0.2, 0.25) is 5.02 Å². The van der Waals surface area contributed by atoms with Crippen molar-refractivity contribution in [1.29, 1.82) is 0 Å². The van der Waals surface area contributed by atoms with Gasteiger partial charge < -0.3 is 11.1 Å². The highest BCUT2D eigenvalue weighted by Gasteiger charge is 2.44. The fourth-order valence-corrected chi connectivity index (χ4v) is 2.88. The van der Waals surface area contributed by atoms with E-state index in [0.29, 0.717) is 18.4 Å². The molecule has 20 heavy (non-hydrogen) atoms. The monoisotopic (exact) mass is 294 g/mol. The highest BCUT2D eigenvalue weighted by molar-refractivity contribution is 6.30. The Morgan fingerprint density at radius 1 is 1.50 bits per heavy atom. The van der Waals surface area contributed by atoms with E-state index < -0.39 is 0 Å². The van der Waals surface area contributed by atoms with Gasteiger partial charge in [0.05, 0.1) is 0 Å². The second kappa shape index (κ2) is 6.59. The second-order valence-corrected chi connectivity index (χ2v) is 6.51. The molecule has 3 nitrogen and oxygen atoms in total. The standard InChI is InChI=1S/C16H23ClN2O/c1-10(2)6-13(9-18)19-16(20)15-8-14(15)11-4-3-5-12(17)7-11/h3-5,7,10,13-15H,6,8-9,18H2,1-2H3,(H,19,20). The number of hydrogen-bond donors (Lipinski definition) is 2. The van der Waals surface area contributed by atoms with Crippen molar-refractivity contribution in [3.63, 3.8) is 0 Å². The lowest BCUT2D eigenvalue weighted by Crippen LogP contribution is -2.41. The molecule has 0 radical (unpaired) electrons. The Hall–Kier alpha value is -1.06. The lowest BCUT2D eigenvalue weighted by molar-refractivity contribution is -0.123. The number of amides is 1. The Balaban J connectivity index is 1.89. The van der Waals surface area contributed by atoms with E-state index in [1.807, 2.05) is 24.3 Å². The summed E-state index contributed by atoms with van der Waals surface area (Å²) >= 11 is 5.99. The van der Waals surface area contributed by atoms with Gasteiger partial charge in [0.2, 0.25) is 5.91 Å². The number of carbonyl (C=O) groups excluding carboxylic acids is 1. The highest BCUT2D eigenvalue weighted by atomic mass is 35.5. The van der Waals surface area contributed by atoms with Crippen molar-refractivity contribution >= 4 is 17.5 Å². The van der Waals surface area contributed by atoms with Crippen LogP contribution in [-0.4, -0.2) is 18.5 Å². The summed E-state index contributed by atoms with van der Waals surface area (Å²) < 4.78 is 0. The first-order valence-electron chi connectivity index (χ1n) is 7.27. The average molecular weight is 295 g/mol. The quantitative estimate of drug-likeness (QED) is 0.847. The predicted octanol–water partition coefficient (Wildman–Crippen LogP) is 2.93. The Morgan fingerprint density at radius 2 is 2.25 bits per heavy atom. The van der Waals surface area contributed by atoms with Crippen molar-refractivity contribution in [2.75, 3.05) is 6.54 Å². The minimum Gasteiger partial charge on any atom is -0.352 e. The van der Waals surface area contributed by atoms with Crippen molar-refractivity contribution < 1.29 is 4.79 Å². The number of nitrogens with one attached hydrogen (secondary N) is 1. The summed E-state index contributed by atoms with van der Waals surface area (Å²) in [7, 11) is 0. The number of nitrogens with two attached hydrogens (primary N) is 1. The number of rotatable bonds is 6. The van der Waals surface area contributed by atoms with Gasteiger partial charge in [0.15, 0.2) is 0 Å². The third kappa shape index (κ3) is 3.97. The molecule has 0 saturated heterocycles. The van der Waals surface area contributed by atoms with Crippen molar-refractivity contribution in [1.82, 2.24) is 5.32 Å². The minimum absolute atomic E-state index is 0.0784. The van der Waals surface area contributed by atoms with E-state index in [1.54, 1.807) is 0 Å². The molecule has 0 heterocycles. The third-order valence-electron chi connectivity index (χ3n) is 3.79. The first kappa shape index (κ1) is 15.3. The maximum atomic E-state index is 12.2. The lowest BCUT2D eigenvalue weighted by Gasteiger charge is -2.18. The molecule has 0 spiro atoms. The van der Waals surface area contributed by atoms with Gasteiger partial charge in [-0.2, -0.15) is 0 Å². The molecule has 1 aliphatic rings. The van der Waals surface area contributed by atoms with Crippen LogP contribution in [0, 0.1) is 11.8 Å². The van der Waals surface area contributed by atoms with Crippen molar-refractivity contribution in [2.45, 2.75) is 38.6 Å². The first-order chi connectivity index (χ1) is 9.51. The van der Waals surface area contributed by atoms with Crippen LogP contribution in [-0.2, 0) is 4.79 Å². The Morgan fingerprint density at radius 3 is 2.85 bits per heavy atom. The number of halogens is 1. The maximum absolute atomic E-state index is 12.2. The largest absolute Gasteiger partial charge is 0.352 e. The molecule has 0 bridgehead atoms. The van der Waals surface area contributed by atoms with E-state index in [4.69, 9.17) is 17.3 Å². The zero-order chi connectivity index (χ0) is 14.7. The fraction of sp³-hybridized carbons (Fsp3) is 0.562. The summed E-state index contributed by atoms with van der Waals surface area (Å²) in [5, 5.41) is 3.81. The number of carbonyl (C=O) groups is 1. The molecular formula is C16H23ClN2O. The van der Waals surface area contributed by atoms with Gasteiger partial charge >= 0.3 is 0 Å². The number of benzene rings is 1. The number of hydrogen-bond acceptors (Lipinski definition) is 2. The normalized spacial score (nSPS) is 22.6. The van der Waals surface area contributed by atoms with Crippen molar-refractivity contribution in [2.24, 2.45) is 17.6 Å². The molecule has 3 unspecified atom stereocenters. The smallest absolute Gasteiger partial charge is 0.224 e. The van der Waals surface area contributed by atoms with Gasteiger partial charge in [-0.25, -0.2) is 0 Å². The van der Waals surface area contributed by atoms with Crippen LogP contribution in [0.5, 0.6) is 0 Å². The molecule has 1 aliphatic carbocycles. The molecule has 3 N–H and O–H groups in total. The molecule has 3 atom stereocenters. The van der Waals surface area contributed by atoms with Gasteiger partial charge in [-0.1, -0.05) is 37.6 Å². The minimum atomic E-state index is 0.0784. The van der Waals surface area contributed by atoms with Gasteiger partial charge in [0.1, 0.15) is 0 Å². The molecule has 1 aromatic carbocycles. The average Bonchev–Trinajstić information content (AvgIpc) is 3.17. The first-order valence-corrected chi connectivity index (χ1v) is 7.65. The summed E-state index contributed by atoms with van der Waals surface area (Å²) in [5.41, 5.74) is 6.88. The van der Waals surface area contributed by atoms with Crippen LogP contribution >= 0.6 is 11.6 Å². The van der Waals surface area contributed by atoms with E-state index in [2.05, 4.69) is 19.2 Å². The fourth-order valence-electron chi connectivity index (χ4n) is 2.68. The zero-order valence-electron chi connectivity index (χ0n) is 12.1. The van der Waals surface area contributed by atoms with Crippen LogP contribution in [0.3, 0.4) is 0 Å². The van der Waals surface area contributed by atoms with Gasteiger partial charge in [-0.05, 0) is 42.4 Å². The van der Waals surface area contributed by atoms with Gasteiger partial charge in [-0.15, -0.1) is 0 Å². The molecule has 4 heteroatoms. The van der Waals surface area contributed by atoms with Crippen LogP contribution in [0.25, 0.3) is 0 Å². The zero-order valence-corrected chi connectivity index (χ0v) is 12.9. The summed E-state index contributed by atoms with van der Waals surface area (Å²) in [6.07, 6.45) is 1.84. The van der Waals surface area contributed by atoms with E-state index in [0.717, 1.165) is 23.4 Å². The summed E-state index contributed by atoms with van der Waals surface area (Å²) in [5.74, 6) is 1.05. The van der Waals surface area contributed by atoms with E-state index in [-0.39, 0.29) is 17.9 Å². The van der Waals surface area contributed by atoms with Crippen LogP contribution in [0.1, 0.15) is 38.2 Å². The Labute approximate surface area is 125 Å². The molecule has 1 saturated carbocycles. The molecule has 0 aliphatic heterocycles. The van der Waals surface area contributed by atoms with E-state index in [9.17, 15) is 4.79 Å². The van der Waals surface area contributed by atoms with E-state index in [1.165, 1.54) is 0 Å². The highest BCUT2D eigenvalue weighted by Crippen LogP contribution is 2.48. The molecule has 1 amide bonds. The maximum Gasteiger partial charge on any atom is 0.224 e. The predicted molar refractivity (Wildman–Crippen MR) is 82.7 cm³/mol. The molecule has 2 rings (SSSR count). The third-order valence-corrected chi connectivity index (χ3v) is 4.03. The summed E-state index contributed by atoms with van der Waals surface area (Å²) in [6.45, 7) is 4.78. The summed E-state index contributed by atoms with van der Waals surface area (Å²) in [4.78, 5) is 12.2. The topological polar surface area (TPSA) is 55.1 Å². The van der Waals surface area contributed by atoms with Crippen LogP contribution < -0.4 is 11.1 Å². The SMILES string of the molecule is CC(C)CC(CN)NC(=O)C1CC1c1cccc(Cl)c1. The van der Waals surface area contributed by atoms with Crippen LogP contribution in [0.4, 0.5) is 0 Å². The lowest BCUT2D eigenvalue weighted by atomic mass is 10.0. The molecule has 0 aromatic heterocycles. The van der Waals surface area contributed by atoms with Gasteiger partial charge in [0, 0.05) is 23.5 Å². The van der Waals surface area contributed by atoms with E-state index >= 15 is 0 Å². The molecule has 110 valence electrons. The van der Waals surface area contributed by atoms with Gasteiger partial charge in [0.25, 0.3) is 0 Å². The van der Waals surface area contributed by atoms with Gasteiger partial charge in [-0.3, -0.25) is 4.79 Å². The second-order valence-electron chi connectivity index (χ2n) is 6.07. The van der Waals surface area contributed by atoms with Crippen molar-refractivity contribution in [3.8, 4) is 0 Å². The molecular weight excluding hydrogens is 272 g/mol. The molecule has 1 fully saturated rings. The van der Waals surface area contributed by atoms with Crippen LogP contribution in [0.15, 0.2) is 24.3 Å². The summed E-state index contributed by atoms with van der Waals surface area (Å²) in [6, 6.07) is 7.87. The van der Waals surface area contributed by atoms with Crippen molar-refractivity contribution in [3.05, 3.63) is 34.9 Å². The molecule has 1 aromatic rings. The Kier molecular flexibility index (Phi) is 5.06. The Bertz CT molecular complexity index is 475.